The van der Waals surface area contributed by atoms with Crippen LogP contribution in [0.15, 0.2) is 41.1 Å². The number of hydrogen-bond acceptors (Lipinski definition) is 3. The molecule has 0 aliphatic carbocycles. The van der Waals surface area contributed by atoms with Gasteiger partial charge in [0, 0.05) is 11.6 Å². The normalized spacial score (nSPS) is 12.7. The summed E-state index contributed by atoms with van der Waals surface area (Å²) in [6.07, 6.45) is -4.61. The zero-order chi connectivity index (χ0) is 17.1. The number of thiophene rings is 1. The Hall–Kier alpha value is -1.09. The Morgan fingerprint density at radius 1 is 1.17 bits per heavy atom. The predicted molar refractivity (Wildman–Crippen MR) is 84.9 cm³/mol. The number of hydrogen-bond donors (Lipinski definition) is 0. The molecule has 0 aliphatic heterocycles. The molecule has 0 N–H and O–H groups in total. The van der Waals surface area contributed by atoms with Gasteiger partial charge in [-0.15, -0.1) is 0 Å². The van der Waals surface area contributed by atoms with Crippen molar-refractivity contribution < 1.29 is 21.6 Å². The Labute approximate surface area is 141 Å². The molecule has 1 aromatic carbocycles. The minimum atomic E-state index is -4.61. The first kappa shape index (κ1) is 18.3. The largest absolute Gasteiger partial charge is 0.402 e. The van der Waals surface area contributed by atoms with Crippen molar-refractivity contribution in [3.63, 3.8) is 0 Å². The first-order valence-electron chi connectivity index (χ1n) is 6.46. The average molecular weight is 384 g/mol. The van der Waals surface area contributed by atoms with Gasteiger partial charge in [-0.2, -0.15) is 28.8 Å². The van der Waals surface area contributed by atoms with Gasteiger partial charge in [-0.25, -0.2) is 8.42 Å². The quantitative estimate of drug-likeness (QED) is 0.746. The lowest BCUT2D eigenvalue weighted by Gasteiger charge is -2.23. The van der Waals surface area contributed by atoms with Crippen LogP contribution in [0.5, 0.6) is 0 Å². The van der Waals surface area contributed by atoms with E-state index in [2.05, 4.69) is 0 Å². The Morgan fingerprint density at radius 3 is 2.48 bits per heavy atom. The minimum absolute atomic E-state index is 0.314. The molecule has 0 amide bonds. The molecule has 3 nitrogen and oxygen atoms in total. The van der Waals surface area contributed by atoms with Crippen LogP contribution >= 0.6 is 22.9 Å². The summed E-state index contributed by atoms with van der Waals surface area (Å²) < 4.78 is 63.5. The maximum absolute atomic E-state index is 12.7. The van der Waals surface area contributed by atoms with Crippen molar-refractivity contribution in [2.24, 2.45) is 0 Å². The maximum atomic E-state index is 12.7. The number of alkyl halides is 3. The minimum Gasteiger partial charge on any atom is -0.212 e. The molecule has 9 heteroatoms. The summed E-state index contributed by atoms with van der Waals surface area (Å²) in [7, 11) is -4.14. The van der Waals surface area contributed by atoms with Gasteiger partial charge in [0.25, 0.3) is 0 Å². The van der Waals surface area contributed by atoms with Gasteiger partial charge in [-0.05, 0) is 40.1 Å². The van der Waals surface area contributed by atoms with Crippen LogP contribution in [0.25, 0.3) is 0 Å². The summed E-state index contributed by atoms with van der Waals surface area (Å²) >= 11 is 7.08. The van der Waals surface area contributed by atoms with Crippen LogP contribution in [0.3, 0.4) is 0 Å². The van der Waals surface area contributed by atoms with E-state index in [1.54, 1.807) is 29.0 Å². The molecule has 1 aromatic heterocycles. The molecule has 0 aliphatic rings. The number of benzene rings is 1. The summed E-state index contributed by atoms with van der Waals surface area (Å²) in [5.74, 6) is -0.534. The molecule has 126 valence electrons. The fraction of sp³-hybridized carbons (Fsp3) is 0.286. The van der Waals surface area contributed by atoms with E-state index < -0.39 is 28.5 Å². The number of rotatable bonds is 6. The highest BCUT2D eigenvalue weighted by atomic mass is 35.5. The van der Waals surface area contributed by atoms with Crippen molar-refractivity contribution in [2.45, 2.75) is 18.5 Å². The van der Waals surface area contributed by atoms with Gasteiger partial charge in [-0.1, -0.05) is 23.7 Å². The molecule has 0 spiro atoms. The Kier molecular flexibility index (Phi) is 5.72. The highest BCUT2D eigenvalue weighted by Crippen LogP contribution is 2.24. The summed E-state index contributed by atoms with van der Waals surface area (Å²) in [6.45, 7) is -1.84. The second kappa shape index (κ2) is 7.21. The van der Waals surface area contributed by atoms with Gasteiger partial charge in [0.1, 0.15) is 6.54 Å². The van der Waals surface area contributed by atoms with Crippen molar-refractivity contribution in [2.75, 3.05) is 6.54 Å². The third kappa shape index (κ3) is 5.80. The Morgan fingerprint density at radius 2 is 1.91 bits per heavy atom. The molecule has 23 heavy (non-hydrogen) atoms. The summed E-state index contributed by atoms with van der Waals surface area (Å²) in [6, 6.07) is 7.66. The topological polar surface area (TPSA) is 37.4 Å². The van der Waals surface area contributed by atoms with Gasteiger partial charge in [0.2, 0.25) is 10.0 Å². The number of sulfonamides is 1. The third-order valence-corrected chi connectivity index (χ3v) is 5.64. The molecule has 0 saturated heterocycles. The number of nitrogens with zero attached hydrogens (tertiary/aromatic N) is 1. The molecule has 0 radical (unpaired) electrons. The van der Waals surface area contributed by atoms with Gasteiger partial charge in [0.15, 0.2) is 0 Å². The van der Waals surface area contributed by atoms with E-state index in [1.807, 2.05) is 0 Å². The maximum Gasteiger partial charge on any atom is 0.402 e. The molecule has 0 atom stereocenters. The lowest BCUT2D eigenvalue weighted by atomic mass is 10.2. The smallest absolute Gasteiger partial charge is 0.212 e. The monoisotopic (exact) mass is 383 g/mol. The second-order valence-electron chi connectivity index (χ2n) is 4.90. The van der Waals surface area contributed by atoms with E-state index in [-0.39, 0.29) is 6.54 Å². The van der Waals surface area contributed by atoms with Crippen molar-refractivity contribution in [3.8, 4) is 0 Å². The molecule has 0 bridgehead atoms. The summed E-state index contributed by atoms with van der Waals surface area (Å²) in [4.78, 5) is 0. The zero-order valence-electron chi connectivity index (χ0n) is 11.8. The summed E-state index contributed by atoms with van der Waals surface area (Å²) in [5, 5.41) is 3.64. The van der Waals surface area contributed by atoms with Crippen LogP contribution in [0.2, 0.25) is 5.02 Å². The Balaban J connectivity index is 2.24. The highest BCUT2D eigenvalue weighted by molar-refractivity contribution is 7.88. The van der Waals surface area contributed by atoms with Crippen molar-refractivity contribution in [1.82, 2.24) is 4.31 Å². The van der Waals surface area contributed by atoms with Crippen molar-refractivity contribution >= 4 is 33.0 Å². The molecule has 0 unspecified atom stereocenters. The molecule has 1 heterocycles. The first-order chi connectivity index (χ1) is 10.7. The van der Waals surface area contributed by atoms with Crippen molar-refractivity contribution in [3.05, 3.63) is 57.2 Å². The fourth-order valence-corrected chi connectivity index (χ4v) is 4.31. The van der Waals surface area contributed by atoms with Gasteiger partial charge in [0.05, 0.1) is 5.75 Å². The van der Waals surface area contributed by atoms with Crippen LogP contribution in [-0.2, 0) is 22.3 Å². The van der Waals surface area contributed by atoms with E-state index in [4.69, 9.17) is 11.6 Å². The first-order valence-corrected chi connectivity index (χ1v) is 9.39. The standard InChI is InChI=1S/C14H13ClF3NO2S2/c15-13-3-1-2-11(6-13)9-23(20,21)19(10-14(16,17)18)7-12-4-5-22-8-12/h1-6,8H,7,9-10H2. The van der Waals surface area contributed by atoms with Gasteiger partial charge in [-0.3, -0.25) is 0 Å². The van der Waals surface area contributed by atoms with Crippen molar-refractivity contribution in [1.29, 1.82) is 0 Å². The predicted octanol–water partition coefficient (Wildman–Crippen LogP) is 4.30. The van der Waals surface area contributed by atoms with Crippen LogP contribution in [0.4, 0.5) is 13.2 Å². The van der Waals surface area contributed by atoms with Crippen LogP contribution in [-0.4, -0.2) is 25.4 Å². The van der Waals surface area contributed by atoms with Gasteiger partial charge < -0.3 is 0 Å². The average Bonchev–Trinajstić information content (AvgIpc) is 2.88. The zero-order valence-corrected chi connectivity index (χ0v) is 14.1. The van der Waals surface area contributed by atoms with Crippen LogP contribution < -0.4 is 0 Å². The number of halogens is 4. The highest BCUT2D eigenvalue weighted by Gasteiger charge is 2.36. The van der Waals surface area contributed by atoms with E-state index in [0.29, 0.717) is 20.5 Å². The molecule has 2 rings (SSSR count). The molecule has 0 saturated carbocycles. The molecule has 0 fully saturated rings. The van der Waals surface area contributed by atoms with E-state index in [1.165, 1.54) is 23.5 Å². The SMILES string of the molecule is O=S(=O)(Cc1cccc(Cl)c1)N(Cc1ccsc1)CC(F)(F)F. The lowest BCUT2D eigenvalue weighted by molar-refractivity contribution is -0.136. The van der Waals surface area contributed by atoms with Gasteiger partial charge >= 0.3 is 6.18 Å². The third-order valence-electron chi connectivity index (χ3n) is 2.93. The van der Waals surface area contributed by atoms with E-state index in [9.17, 15) is 21.6 Å². The second-order valence-corrected chi connectivity index (χ2v) is 8.09. The molecular formula is C14H13ClF3NO2S2. The molecular weight excluding hydrogens is 371 g/mol. The fourth-order valence-electron chi connectivity index (χ4n) is 1.97. The molecule has 2 aromatic rings. The van der Waals surface area contributed by atoms with E-state index >= 15 is 0 Å². The lowest BCUT2D eigenvalue weighted by Crippen LogP contribution is -2.39. The van der Waals surface area contributed by atoms with E-state index in [0.717, 1.165) is 0 Å². The van der Waals surface area contributed by atoms with Crippen LogP contribution in [0.1, 0.15) is 11.1 Å². The van der Waals surface area contributed by atoms with Crippen LogP contribution in [0, 0.1) is 0 Å². The summed E-state index contributed by atoms with van der Waals surface area (Å²) in [5.41, 5.74) is 0.865. The Bertz CT molecular complexity index is 746.